The van der Waals surface area contributed by atoms with Crippen molar-refractivity contribution in [3.8, 4) is 22.6 Å². The van der Waals surface area contributed by atoms with Crippen LogP contribution in [-0.2, 0) is 12.7 Å². The van der Waals surface area contributed by atoms with Gasteiger partial charge in [0.1, 0.15) is 5.65 Å². The van der Waals surface area contributed by atoms with Crippen molar-refractivity contribution >= 4 is 11.6 Å². The molecule has 0 aliphatic carbocycles. The van der Waals surface area contributed by atoms with Crippen molar-refractivity contribution < 1.29 is 18.3 Å². The summed E-state index contributed by atoms with van der Waals surface area (Å²) in [5, 5.41) is 5.39. The van der Waals surface area contributed by atoms with Gasteiger partial charge in [-0.15, -0.1) is 0 Å². The van der Waals surface area contributed by atoms with Gasteiger partial charge in [-0.3, -0.25) is 4.40 Å². The summed E-state index contributed by atoms with van der Waals surface area (Å²) in [6, 6.07) is 20.1. The Bertz CT molecular complexity index is 1560. The zero-order valence-electron chi connectivity index (χ0n) is 19.7. The van der Waals surface area contributed by atoms with Gasteiger partial charge >= 0.3 is 6.18 Å². The van der Waals surface area contributed by atoms with Crippen LogP contribution in [0.15, 0.2) is 85.2 Å². The third-order valence-corrected chi connectivity index (χ3v) is 5.98. The molecule has 0 spiro atoms. The molecule has 0 radical (unpaired) electrons. The highest BCUT2D eigenvalue weighted by molar-refractivity contribution is 5.81. The number of alkyl halides is 3. The number of hydrogen-bond acceptors (Lipinski definition) is 4. The van der Waals surface area contributed by atoms with Crippen molar-refractivity contribution in [3.05, 3.63) is 107 Å². The summed E-state index contributed by atoms with van der Waals surface area (Å²) >= 11 is 0. The molecular weight excluding hydrogens is 479 g/mol. The summed E-state index contributed by atoms with van der Waals surface area (Å²) in [5.41, 5.74) is 12.3. The molecule has 1 atom stereocenters. The number of halogens is 3. The smallest absolute Gasteiger partial charge is 0.416 e. The molecular formula is C27H22F3N7. The van der Waals surface area contributed by atoms with E-state index in [1.807, 2.05) is 37.3 Å². The van der Waals surface area contributed by atoms with Gasteiger partial charge in [-0.2, -0.15) is 13.2 Å². The highest BCUT2D eigenvalue weighted by Crippen LogP contribution is 2.36. The first-order valence-corrected chi connectivity index (χ1v) is 11.5. The first kappa shape index (κ1) is 24.1. The Labute approximate surface area is 210 Å². The minimum absolute atomic E-state index is 0.0740. The Morgan fingerprint density at radius 2 is 1.81 bits per heavy atom. The van der Waals surface area contributed by atoms with Crippen molar-refractivity contribution in [2.24, 2.45) is 0 Å². The van der Waals surface area contributed by atoms with Crippen LogP contribution in [0.5, 0.6) is 0 Å². The SMILES string of the molecule is C[C@H](Nc1nccc(-c2c(-c3cccc(C(F)(F)F)c3)nc3cc(C[NH+]=[N-])ccn23)n1)c1ccccc1. The van der Waals surface area contributed by atoms with Crippen LogP contribution in [0.1, 0.15) is 29.7 Å². The number of nitrogens with one attached hydrogen (secondary N) is 2. The number of hydrogen-bond donors (Lipinski definition) is 2. The van der Waals surface area contributed by atoms with Crippen LogP contribution < -0.4 is 10.4 Å². The second kappa shape index (κ2) is 9.81. The first-order valence-electron chi connectivity index (χ1n) is 11.5. The normalized spacial score (nSPS) is 12.4. The van der Waals surface area contributed by atoms with E-state index in [-0.39, 0.29) is 12.6 Å². The quantitative estimate of drug-likeness (QED) is 0.298. The number of anilines is 1. The fraction of sp³-hybridized carbons (Fsp3) is 0.148. The Morgan fingerprint density at radius 3 is 2.57 bits per heavy atom. The lowest BCUT2D eigenvalue weighted by Crippen LogP contribution is -2.60. The maximum Gasteiger partial charge on any atom is 0.416 e. The molecule has 3 heterocycles. The van der Waals surface area contributed by atoms with E-state index < -0.39 is 11.7 Å². The fourth-order valence-corrected chi connectivity index (χ4v) is 4.16. The van der Waals surface area contributed by atoms with Crippen LogP contribution in [-0.4, -0.2) is 19.4 Å². The number of pyridine rings is 1. The molecule has 5 rings (SSSR count). The molecule has 3 aromatic heterocycles. The number of aromatic nitrogens is 4. The number of rotatable bonds is 7. The highest BCUT2D eigenvalue weighted by atomic mass is 19.4. The van der Waals surface area contributed by atoms with Gasteiger partial charge in [0.05, 0.1) is 28.7 Å². The molecule has 2 aromatic carbocycles. The third-order valence-electron chi connectivity index (χ3n) is 5.98. The van der Waals surface area contributed by atoms with E-state index in [2.05, 4.69) is 25.4 Å². The summed E-state index contributed by atoms with van der Waals surface area (Å²) in [5.74, 6) is 0.375. The molecule has 0 saturated carbocycles. The molecule has 0 amide bonds. The van der Waals surface area contributed by atoms with Gasteiger partial charge in [0.25, 0.3) is 0 Å². The number of benzene rings is 2. The standard InChI is InChI=1S/C27H22F3N7/c1-17(19-6-3-2-4-7-19)34-26-32-12-10-22(35-26)25-24(20-8-5-9-21(15-20)27(28,29)30)36-23-14-18(16-33-31)11-13-37(23)25/h2-15,17,33H,16H2,1H3,(H,32,34,35)/t17-/m0/s1. The predicted molar refractivity (Wildman–Crippen MR) is 133 cm³/mol. The average Bonchev–Trinajstić information content (AvgIpc) is 3.28. The first-order chi connectivity index (χ1) is 17.8. The molecule has 2 N–H and O–H groups in total. The molecule has 0 fully saturated rings. The van der Waals surface area contributed by atoms with Crippen molar-refractivity contribution in [1.29, 1.82) is 0 Å². The maximum atomic E-state index is 13.5. The fourth-order valence-electron chi connectivity index (χ4n) is 4.16. The number of imidazole rings is 1. The van der Waals surface area contributed by atoms with Gasteiger partial charge in [0.2, 0.25) is 5.95 Å². The topological polar surface area (TPSA) is 91.4 Å². The third kappa shape index (κ3) is 5.04. The minimum Gasteiger partial charge on any atom is -0.508 e. The van der Waals surface area contributed by atoms with Crippen LogP contribution in [0.3, 0.4) is 0 Å². The van der Waals surface area contributed by atoms with Gasteiger partial charge in [0.15, 0.2) is 6.54 Å². The molecule has 186 valence electrons. The van der Waals surface area contributed by atoms with Gasteiger partial charge < -0.3 is 16.0 Å². The molecule has 5 aromatic rings. The van der Waals surface area contributed by atoms with Crippen molar-refractivity contribution in [2.45, 2.75) is 25.7 Å². The summed E-state index contributed by atoms with van der Waals surface area (Å²) in [7, 11) is 0. The van der Waals surface area contributed by atoms with E-state index in [0.717, 1.165) is 23.3 Å². The lowest BCUT2D eigenvalue weighted by Gasteiger charge is -2.15. The van der Waals surface area contributed by atoms with Crippen molar-refractivity contribution in [3.63, 3.8) is 0 Å². The molecule has 7 nitrogen and oxygen atoms in total. The molecule has 37 heavy (non-hydrogen) atoms. The van der Waals surface area contributed by atoms with Crippen LogP contribution >= 0.6 is 0 Å². The number of nitrogens with zero attached hydrogens (tertiary/aromatic N) is 5. The van der Waals surface area contributed by atoms with E-state index in [0.29, 0.717) is 34.2 Å². The maximum absolute atomic E-state index is 13.5. The van der Waals surface area contributed by atoms with Gasteiger partial charge in [-0.05, 0) is 42.8 Å². The Balaban J connectivity index is 1.63. The Morgan fingerprint density at radius 1 is 1.00 bits per heavy atom. The molecule has 0 bridgehead atoms. The van der Waals surface area contributed by atoms with E-state index in [9.17, 15) is 13.2 Å². The summed E-state index contributed by atoms with van der Waals surface area (Å²) in [6.07, 6.45) is -1.14. The van der Waals surface area contributed by atoms with E-state index >= 15 is 0 Å². The van der Waals surface area contributed by atoms with Crippen LogP contribution in [0.2, 0.25) is 0 Å². The minimum atomic E-state index is -4.49. The number of fused-ring (bicyclic) bond motifs is 1. The summed E-state index contributed by atoms with van der Waals surface area (Å²) in [6.45, 7) is 2.18. The molecule has 0 aliphatic rings. The Hall–Kier alpha value is -4.60. The van der Waals surface area contributed by atoms with Gasteiger partial charge in [-0.25, -0.2) is 15.0 Å². The van der Waals surface area contributed by atoms with Crippen LogP contribution in [0.25, 0.3) is 33.8 Å². The lowest BCUT2D eigenvalue weighted by molar-refractivity contribution is -0.498. The van der Waals surface area contributed by atoms with E-state index in [1.54, 1.807) is 41.1 Å². The van der Waals surface area contributed by atoms with Crippen molar-refractivity contribution in [2.75, 3.05) is 5.32 Å². The molecule has 0 unspecified atom stereocenters. The zero-order valence-corrected chi connectivity index (χ0v) is 19.7. The summed E-state index contributed by atoms with van der Waals surface area (Å²) < 4.78 is 42.2. The zero-order chi connectivity index (χ0) is 26.0. The van der Waals surface area contributed by atoms with Crippen LogP contribution in [0, 0.1) is 0 Å². The van der Waals surface area contributed by atoms with Gasteiger partial charge in [-0.1, -0.05) is 42.5 Å². The monoisotopic (exact) mass is 501 g/mol. The molecule has 0 saturated heterocycles. The molecule has 0 aliphatic heterocycles. The lowest BCUT2D eigenvalue weighted by atomic mass is 10.0. The second-order valence-electron chi connectivity index (χ2n) is 8.53. The molecule has 10 heteroatoms. The predicted octanol–water partition coefficient (Wildman–Crippen LogP) is 5.25. The van der Waals surface area contributed by atoms with E-state index in [1.165, 1.54) is 6.07 Å². The van der Waals surface area contributed by atoms with Crippen LogP contribution in [0.4, 0.5) is 19.1 Å². The van der Waals surface area contributed by atoms with Gasteiger partial charge in [0, 0.05) is 23.5 Å². The van der Waals surface area contributed by atoms with Crippen molar-refractivity contribution in [1.82, 2.24) is 19.4 Å². The summed E-state index contributed by atoms with van der Waals surface area (Å²) in [4.78, 5) is 13.7. The highest BCUT2D eigenvalue weighted by Gasteiger charge is 2.31. The van der Waals surface area contributed by atoms with E-state index in [4.69, 9.17) is 5.53 Å². The Kier molecular flexibility index (Phi) is 6.39. The average molecular weight is 502 g/mol. The largest absolute Gasteiger partial charge is 0.508 e. The second-order valence-corrected chi connectivity index (χ2v) is 8.53.